The Bertz CT molecular complexity index is 481. The molecule has 5 nitrogen and oxygen atoms in total. The molecule has 8 heteroatoms. The number of carbonyl (C=O) groups excluding carboxylic acids is 1. The Hall–Kier alpha value is 0.00870. The molecule has 0 saturated carbocycles. The van der Waals surface area contributed by atoms with E-state index in [1.807, 2.05) is 0 Å². The molecule has 0 aromatic rings. The molecule has 0 radical (unpaired) electrons. The molecular weight excluding hydrogens is 351 g/mol. The standard InChI is InChI=1S/C17H35BO5Si2/c1-10(2)24(11(3)4)20-9-14-16(15(19)17(18)21-14)22-25(23-24,12(5)6)13(7)8/h10-14,16-17H,9,18H2,1-8H3/t14-,16-,17-/m1/s1. The minimum atomic E-state index is -2.70. The summed E-state index contributed by atoms with van der Waals surface area (Å²) in [6.07, 6.45) is -0.877. The summed E-state index contributed by atoms with van der Waals surface area (Å²) in [5.74, 6) is 0.0265. The SMILES string of the molecule is B[C@@H]1O[C@@H]2CO[Si](C(C)C)(C(C)C)O[Si](C(C)C)(C(C)C)O[C@H]2C1=O. The highest BCUT2D eigenvalue weighted by Gasteiger charge is 2.61. The summed E-state index contributed by atoms with van der Waals surface area (Å²) in [5, 5.41) is 0. The smallest absolute Gasteiger partial charge is 0.335 e. The molecule has 0 spiro atoms. The van der Waals surface area contributed by atoms with Crippen LogP contribution < -0.4 is 0 Å². The third-order valence-corrected chi connectivity index (χ3v) is 16.0. The van der Waals surface area contributed by atoms with E-state index in [-0.39, 0.29) is 23.0 Å². The van der Waals surface area contributed by atoms with Crippen molar-refractivity contribution in [3.05, 3.63) is 0 Å². The Labute approximate surface area is 156 Å². The summed E-state index contributed by atoms with van der Waals surface area (Å²) in [7, 11) is -3.44. The molecule has 25 heavy (non-hydrogen) atoms. The van der Waals surface area contributed by atoms with Crippen molar-refractivity contribution in [1.82, 2.24) is 0 Å². The van der Waals surface area contributed by atoms with Gasteiger partial charge < -0.3 is 17.7 Å². The number of ether oxygens (including phenoxy) is 1. The molecule has 0 aromatic heterocycles. The highest BCUT2D eigenvalue weighted by molar-refractivity contribution is 6.84. The quantitative estimate of drug-likeness (QED) is 0.696. The second kappa shape index (κ2) is 7.56. The van der Waals surface area contributed by atoms with Crippen LogP contribution in [0.5, 0.6) is 0 Å². The lowest BCUT2D eigenvalue weighted by Gasteiger charge is -2.50. The van der Waals surface area contributed by atoms with E-state index in [0.29, 0.717) is 17.7 Å². The van der Waals surface area contributed by atoms with Gasteiger partial charge in [0.05, 0.1) is 12.6 Å². The van der Waals surface area contributed by atoms with Crippen molar-refractivity contribution in [2.45, 2.75) is 95.8 Å². The monoisotopic (exact) mass is 386 g/mol. The van der Waals surface area contributed by atoms with Crippen molar-refractivity contribution in [2.24, 2.45) is 0 Å². The van der Waals surface area contributed by atoms with E-state index in [9.17, 15) is 4.79 Å². The fourth-order valence-corrected chi connectivity index (χ4v) is 15.4. The summed E-state index contributed by atoms with van der Waals surface area (Å²) < 4.78 is 26.2. The van der Waals surface area contributed by atoms with Crippen molar-refractivity contribution in [3.63, 3.8) is 0 Å². The second-order valence-electron chi connectivity index (χ2n) is 8.73. The first-order valence-electron chi connectivity index (χ1n) is 9.69. The van der Waals surface area contributed by atoms with Gasteiger partial charge in [-0.3, -0.25) is 4.79 Å². The molecule has 2 fully saturated rings. The van der Waals surface area contributed by atoms with Crippen LogP contribution in [0.4, 0.5) is 0 Å². The maximum Gasteiger partial charge on any atom is 0.335 e. The number of fused-ring (bicyclic) bond motifs is 1. The van der Waals surface area contributed by atoms with Crippen LogP contribution in [0, 0.1) is 0 Å². The Morgan fingerprint density at radius 1 is 0.920 bits per heavy atom. The van der Waals surface area contributed by atoms with Gasteiger partial charge in [-0.15, -0.1) is 0 Å². The van der Waals surface area contributed by atoms with Gasteiger partial charge in [0.2, 0.25) is 0 Å². The van der Waals surface area contributed by atoms with E-state index < -0.39 is 29.2 Å². The van der Waals surface area contributed by atoms with Crippen molar-refractivity contribution in [1.29, 1.82) is 0 Å². The third kappa shape index (κ3) is 3.58. The first kappa shape index (κ1) is 21.3. The lowest BCUT2D eigenvalue weighted by Crippen LogP contribution is -2.65. The van der Waals surface area contributed by atoms with E-state index in [2.05, 4.69) is 55.4 Å². The molecular formula is C17H35BO5Si2. The van der Waals surface area contributed by atoms with Gasteiger partial charge in [0, 0.05) is 0 Å². The molecule has 0 aromatic carbocycles. The summed E-state index contributed by atoms with van der Waals surface area (Å²) in [6, 6.07) is -0.433. The predicted octanol–water partition coefficient (Wildman–Crippen LogP) is 2.87. The van der Waals surface area contributed by atoms with Crippen molar-refractivity contribution in [3.8, 4) is 0 Å². The maximum atomic E-state index is 12.6. The number of carbonyl (C=O) groups is 1. The zero-order chi connectivity index (χ0) is 19.2. The highest BCUT2D eigenvalue weighted by Crippen LogP contribution is 2.46. The predicted molar refractivity (Wildman–Crippen MR) is 106 cm³/mol. The number of Topliss-reactive ketones (excluding diaryl/α,β-unsaturated/α-hetero) is 1. The van der Waals surface area contributed by atoms with E-state index in [0.717, 1.165) is 0 Å². The summed E-state index contributed by atoms with van der Waals surface area (Å²) in [5.41, 5.74) is 1.05. The molecule has 2 saturated heterocycles. The molecule has 3 atom stereocenters. The van der Waals surface area contributed by atoms with Crippen molar-refractivity contribution >= 4 is 30.8 Å². The fraction of sp³-hybridized carbons (Fsp3) is 0.941. The van der Waals surface area contributed by atoms with Gasteiger partial charge in [-0.1, -0.05) is 55.4 Å². The van der Waals surface area contributed by atoms with Gasteiger partial charge in [0.15, 0.2) is 5.78 Å². The normalized spacial score (nSPS) is 32.3. The lowest BCUT2D eigenvalue weighted by molar-refractivity contribution is -0.125. The number of hydrogen-bond donors (Lipinski definition) is 0. The largest absolute Gasteiger partial charge is 0.414 e. The maximum absolute atomic E-state index is 12.6. The molecule has 144 valence electrons. The zero-order valence-electron chi connectivity index (χ0n) is 17.3. The van der Waals surface area contributed by atoms with Crippen LogP contribution in [-0.4, -0.2) is 55.6 Å². The highest BCUT2D eigenvalue weighted by atomic mass is 28.5. The van der Waals surface area contributed by atoms with Crippen LogP contribution in [0.1, 0.15) is 55.4 Å². The van der Waals surface area contributed by atoms with Crippen molar-refractivity contribution in [2.75, 3.05) is 6.61 Å². The molecule has 0 bridgehead atoms. The van der Waals surface area contributed by atoms with E-state index in [1.165, 1.54) is 0 Å². The van der Waals surface area contributed by atoms with Gasteiger partial charge >= 0.3 is 17.1 Å². The van der Waals surface area contributed by atoms with Crippen molar-refractivity contribution < 1.29 is 22.5 Å². The topological polar surface area (TPSA) is 54.0 Å². The molecule has 0 aliphatic carbocycles. The van der Waals surface area contributed by atoms with Gasteiger partial charge in [-0.05, 0) is 22.2 Å². The van der Waals surface area contributed by atoms with Crippen LogP contribution in [0.3, 0.4) is 0 Å². The van der Waals surface area contributed by atoms with Gasteiger partial charge in [0.25, 0.3) is 0 Å². The second-order valence-corrected chi connectivity index (χ2v) is 17.6. The number of ketones is 1. The average molecular weight is 386 g/mol. The molecule has 2 aliphatic heterocycles. The number of hydrogen-bond acceptors (Lipinski definition) is 5. The Balaban J connectivity index is 2.55. The summed E-state index contributed by atoms with van der Waals surface area (Å²) in [6.45, 7) is 17.8. The van der Waals surface area contributed by atoms with Gasteiger partial charge in [-0.2, -0.15) is 0 Å². The first-order valence-corrected chi connectivity index (χ1v) is 13.6. The fourth-order valence-electron chi connectivity index (χ4n) is 4.20. The van der Waals surface area contributed by atoms with Crippen LogP contribution in [0.15, 0.2) is 0 Å². The minimum Gasteiger partial charge on any atom is -0.414 e. The molecule has 2 rings (SSSR count). The molecule has 2 heterocycles. The minimum absolute atomic E-state index is 0.0265. The first-order chi connectivity index (χ1) is 11.5. The van der Waals surface area contributed by atoms with E-state index >= 15 is 0 Å². The molecule has 2 aliphatic rings. The average Bonchev–Trinajstić information content (AvgIpc) is 2.73. The summed E-state index contributed by atoms with van der Waals surface area (Å²) >= 11 is 0. The van der Waals surface area contributed by atoms with E-state index in [4.69, 9.17) is 17.7 Å². The number of rotatable bonds is 4. The molecule has 0 amide bonds. The van der Waals surface area contributed by atoms with Crippen LogP contribution in [0.2, 0.25) is 22.2 Å². The van der Waals surface area contributed by atoms with Crippen LogP contribution >= 0.6 is 0 Å². The van der Waals surface area contributed by atoms with Crippen LogP contribution in [0.25, 0.3) is 0 Å². The Kier molecular flexibility index (Phi) is 6.44. The van der Waals surface area contributed by atoms with Gasteiger partial charge in [0.1, 0.15) is 20.1 Å². The van der Waals surface area contributed by atoms with Gasteiger partial charge in [-0.25, -0.2) is 0 Å². The van der Waals surface area contributed by atoms with Crippen LogP contribution in [-0.2, 0) is 22.5 Å². The molecule has 0 unspecified atom stereocenters. The van der Waals surface area contributed by atoms with E-state index in [1.54, 1.807) is 7.85 Å². The third-order valence-electron chi connectivity index (χ3n) is 5.72. The zero-order valence-corrected chi connectivity index (χ0v) is 19.3. The lowest BCUT2D eigenvalue weighted by atomic mass is 9.95. The summed E-state index contributed by atoms with van der Waals surface area (Å²) in [4.78, 5) is 12.6. The Morgan fingerprint density at radius 2 is 1.40 bits per heavy atom. The molecule has 0 N–H and O–H groups in total. The Morgan fingerprint density at radius 3 is 1.84 bits per heavy atom.